The Hall–Kier alpha value is -3.90. The van der Waals surface area contributed by atoms with Gasteiger partial charge in [0.15, 0.2) is 10.8 Å². The van der Waals surface area contributed by atoms with Gasteiger partial charge in [-0.1, -0.05) is 5.16 Å². The number of ether oxygens (including phenoxy) is 1. The third kappa shape index (κ3) is 4.84. The zero-order valence-electron chi connectivity index (χ0n) is 19.7. The minimum Gasteiger partial charge on any atom is -0.449 e. The highest BCUT2D eigenvalue weighted by atomic mass is 32.2. The Morgan fingerprint density at radius 1 is 1.39 bits per heavy atom. The molecule has 0 radical (unpaired) electrons. The minimum absolute atomic E-state index is 0.0667. The average molecular weight is 578 g/mol. The molecule has 4 N–H and O–H groups in total. The van der Waals surface area contributed by atoms with Crippen LogP contribution in [0.15, 0.2) is 39.4 Å². The number of nitrogen functional groups attached to an aromatic ring is 1. The number of nitrogens with one attached hydrogen (secondary N) is 1. The maximum atomic E-state index is 13.1. The second-order valence-electron chi connectivity index (χ2n) is 7.83. The summed E-state index contributed by atoms with van der Waals surface area (Å²) in [7, 11) is 1.28. The number of carboxylic acid groups (broad SMARTS) is 1. The van der Waals surface area contributed by atoms with Crippen molar-refractivity contribution in [2.75, 3.05) is 24.3 Å². The van der Waals surface area contributed by atoms with E-state index in [-0.39, 0.29) is 22.4 Å². The zero-order chi connectivity index (χ0) is 27.0. The maximum Gasteiger partial charge on any atom is 0.512 e. The fourth-order valence-corrected chi connectivity index (χ4v) is 6.82. The van der Waals surface area contributed by atoms with Crippen LogP contribution in [0.4, 0.5) is 9.93 Å². The van der Waals surface area contributed by atoms with E-state index in [2.05, 4.69) is 30.5 Å². The van der Waals surface area contributed by atoms with E-state index in [1.54, 1.807) is 9.90 Å². The third-order valence-electron chi connectivity index (χ3n) is 5.37. The SMILES string of the molecule is CO/N=C(\C(=O)N[C@@H]1C(=O)N2C(OC(=O)O)=C(CSc3cc(C)nc4ncnn34)CS[C@H]12)c1csc(N)n1. The number of anilines is 1. The number of aryl methyl sites for hydroxylation is 1. The maximum absolute atomic E-state index is 13.1. The molecule has 0 bridgehead atoms. The van der Waals surface area contributed by atoms with E-state index in [4.69, 9.17) is 15.3 Å². The molecule has 15 nitrogen and oxygen atoms in total. The second-order valence-corrected chi connectivity index (χ2v) is 10.8. The molecule has 5 heterocycles. The molecule has 5 rings (SSSR count). The lowest BCUT2D eigenvalue weighted by atomic mass is 10.1. The normalized spacial score (nSPS) is 19.3. The molecule has 2 aliphatic heterocycles. The Bertz CT molecular complexity index is 1500. The van der Waals surface area contributed by atoms with Gasteiger partial charge in [0.2, 0.25) is 5.88 Å². The Kier molecular flexibility index (Phi) is 7.09. The van der Waals surface area contributed by atoms with Gasteiger partial charge in [0.25, 0.3) is 17.6 Å². The number of nitrogens with two attached hydrogens (primary N) is 1. The van der Waals surface area contributed by atoms with Crippen LogP contribution in [0.1, 0.15) is 11.4 Å². The van der Waals surface area contributed by atoms with E-state index in [0.29, 0.717) is 22.9 Å². The molecule has 1 fully saturated rings. The highest BCUT2D eigenvalue weighted by Crippen LogP contribution is 2.42. The average Bonchev–Trinajstić information content (AvgIpc) is 3.52. The molecular formula is C20H19N9O6S3. The van der Waals surface area contributed by atoms with Gasteiger partial charge < -0.3 is 25.7 Å². The fourth-order valence-electron chi connectivity index (χ4n) is 3.77. The number of thioether (sulfide) groups is 2. The first-order valence-electron chi connectivity index (χ1n) is 10.8. The number of fused-ring (bicyclic) bond motifs is 2. The van der Waals surface area contributed by atoms with Gasteiger partial charge in [0, 0.05) is 28.2 Å². The molecule has 0 aromatic carbocycles. The number of amides is 2. The largest absolute Gasteiger partial charge is 0.512 e. The zero-order valence-corrected chi connectivity index (χ0v) is 22.2. The van der Waals surface area contributed by atoms with E-state index in [1.807, 2.05) is 13.0 Å². The van der Waals surface area contributed by atoms with Crippen molar-refractivity contribution < 1.29 is 29.1 Å². The number of rotatable bonds is 8. The predicted molar refractivity (Wildman–Crippen MR) is 137 cm³/mol. The van der Waals surface area contributed by atoms with Crippen LogP contribution in [0.2, 0.25) is 0 Å². The Balaban J connectivity index is 1.34. The number of β-lactam (4-membered cyclic amide) rings is 1. The summed E-state index contributed by atoms with van der Waals surface area (Å²) >= 11 is 3.87. The van der Waals surface area contributed by atoms with Crippen LogP contribution in [0.3, 0.4) is 0 Å². The van der Waals surface area contributed by atoms with Crippen LogP contribution in [0.25, 0.3) is 5.78 Å². The molecule has 2 aliphatic rings. The highest BCUT2D eigenvalue weighted by molar-refractivity contribution is 8.01. The summed E-state index contributed by atoms with van der Waals surface area (Å²) in [6.07, 6.45) is -0.160. The quantitative estimate of drug-likeness (QED) is 0.0853. The summed E-state index contributed by atoms with van der Waals surface area (Å²) in [4.78, 5) is 56.0. The van der Waals surface area contributed by atoms with Crippen LogP contribution in [-0.4, -0.2) is 88.3 Å². The Morgan fingerprint density at radius 3 is 2.92 bits per heavy atom. The van der Waals surface area contributed by atoms with Gasteiger partial charge in [-0.05, 0) is 13.0 Å². The van der Waals surface area contributed by atoms with Crippen LogP contribution in [0, 0.1) is 6.92 Å². The molecule has 0 aliphatic carbocycles. The number of nitrogens with zero attached hydrogens (tertiary/aromatic N) is 7. The number of aromatic nitrogens is 5. The molecule has 2 amide bonds. The van der Waals surface area contributed by atoms with Crippen LogP contribution >= 0.6 is 34.9 Å². The van der Waals surface area contributed by atoms with Crippen molar-refractivity contribution >= 4 is 69.5 Å². The molecule has 2 atom stereocenters. The summed E-state index contributed by atoms with van der Waals surface area (Å²) in [5.41, 5.74) is 7.06. The smallest absolute Gasteiger partial charge is 0.449 e. The van der Waals surface area contributed by atoms with Gasteiger partial charge in [0.05, 0.1) is 0 Å². The number of carbonyl (C=O) groups is 3. The molecule has 198 valence electrons. The molecule has 1 saturated heterocycles. The minimum atomic E-state index is -1.55. The first-order valence-corrected chi connectivity index (χ1v) is 13.7. The molecule has 0 unspecified atom stereocenters. The molecular weight excluding hydrogens is 558 g/mol. The van der Waals surface area contributed by atoms with Gasteiger partial charge in [0.1, 0.15) is 35.6 Å². The highest BCUT2D eigenvalue weighted by Gasteiger charge is 2.54. The van der Waals surface area contributed by atoms with E-state index in [0.717, 1.165) is 22.1 Å². The lowest BCUT2D eigenvalue weighted by Gasteiger charge is -2.49. The van der Waals surface area contributed by atoms with Crippen LogP contribution in [0.5, 0.6) is 0 Å². The summed E-state index contributed by atoms with van der Waals surface area (Å²) in [5, 5.41) is 21.8. The van der Waals surface area contributed by atoms with Crippen molar-refractivity contribution in [3.63, 3.8) is 0 Å². The molecule has 0 saturated carbocycles. The van der Waals surface area contributed by atoms with Gasteiger partial charge in [-0.15, -0.1) is 34.9 Å². The summed E-state index contributed by atoms with van der Waals surface area (Å²) < 4.78 is 6.63. The summed E-state index contributed by atoms with van der Waals surface area (Å²) in [5.74, 6) is -0.160. The first kappa shape index (κ1) is 25.7. The van der Waals surface area contributed by atoms with E-state index >= 15 is 0 Å². The van der Waals surface area contributed by atoms with Gasteiger partial charge in [-0.3, -0.25) is 14.5 Å². The third-order valence-corrected chi connectivity index (χ3v) is 8.46. The summed E-state index contributed by atoms with van der Waals surface area (Å²) in [6.45, 7) is 1.83. The molecule has 3 aromatic rings. The number of oxime groups is 1. The van der Waals surface area contributed by atoms with Crippen molar-refractivity contribution in [2.45, 2.75) is 23.4 Å². The monoisotopic (exact) mass is 577 g/mol. The molecule has 18 heteroatoms. The second kappa shape index (κ2) is 10.5. The molecule has 3 aromatic heterocycles. The first-order chi connectivity index (χ1) is 18.3. The number of hydrogen-bond acceptors (Lipinski definition) is 14. The van der Waals surface area contributed by atoms with Crippen molar-refractivity contribution in [1.29, 1.82) is 0 Å². The predicted octanol–water partition coefficient (Wildman–Crippen LogP) is 0.920. The lowest BCUT2D eigenvalue weighted by molar-refractivity contribution is -0.148. The topological polar surface area (TPSA) is 200 Å². The van der Waals surface area contributed by atoms with Crippen LogP contribution < -0.4 is 11.1 Å². The van der Waals surface area contributed by atoms with E-state index in [1.165, 1.54) is 41.9 Å². The van der Waals surface area contributed by atoms with Crippen molar-refractivity contribution in [1.82, 2.24) is 34.8 Å². The Morgan fingerprint density at radius 2 is 2.21 bits per heavy atom. The van der Waals surface area contributed by atoms with Crippen LogP contribution in [-0.2, 0) is 19.2 Å². The fraction of sp³-hybridized carbons (Fsp3) is 0.300. The molecule has 0 spiro atoms. The molecule has 38 heavy (non-hydrogen) atoms. The van der Waals surface area contributed by atoms with Crippen molar-refractivity contribution in [2.24, 2.45) is 5.16 Å². The summed E-state index contributed by atoms with van der Waals surface area (Å²) in [6, 6.07) is 0.892. The van der Waals surface area contributed by atoms with E-state index in [9.17, 15) is 19.5 Å². The lowest BCUT2D eigenvalue weighted by Crippen LogP contribution is -2.70. The van der Waals surface area contributed by atoms with E-state index < -0.39 is 29.4 Å². The van der Waals surface area contributed by atoms with Crippen molar-refractivity contribution in [3.8, 4) is 0 Å². The number of carbonyl (C=O) groups excluding carboxylic acids is 2. The van der Waals surface area contributed by atoms with Gasteiger partial charge in [-0.2, -0.15) is 14.6 Å². The van der Waals surface area contributed by atoms with Gasteiger partial charge in [-0.25, -0.2) is 14.8 Å². The number of thiazole rings is 1. The standard InChI is InChI=1S/C20H19N9O6S3/c1-8-3-11(29-19(24-8)22-7-23-29)36-4-9-5-37-17-13(15(31)28(17)16(9)35-20(32)33)26-14(30)12(27-34-2)10-6-38-18(21)25-10/h3,6-7,13,17H,4-5H2,1-2H3,(H2,21,25)(H,26,30)(H,32,33)/b27-12-/t13-,17-/m1/s1. The Labute approximate surface area is 226 Å². The number of hydrogen-bond donors (Lipinski definition) is 3. The van der Waals surface area contributed by atoms with Crippen molar-refractivity contribution in [3.05, 3.63) is 40.6 Å². The van der Waals surface area contributed by atoms with Gasteiger partial charge >= 0.3 is 6.16 Å².